The molecule has 0 spiro atoms. The Morgan fingerprint density at radius 3 is 2.82 bits per heavy atom. The average molecular weight is 171 g/mol. The van der Waals surface area contributed by atoms with E-state index in [4.69, 9.17) is 11.6 Å². The van der Waals surface area contributed by atoms with Crippen molar-refractivity contribution < 1.29 is 0 Å². The minimum absolute atomic E-state index is 0.543. The van der Waals surface area contributed by atoms with Crippen LogP contribution in [0.15, 0.2) is 12.1 Å². The molecule has 0 fully saturated rings. The molecule has 0 aliphatic carbocycles. The number of hydrogen-bond acceptors (Lipinski definition) is 2. The van der Waals surface area contributed by atoms with Crippen LogP contribution in [0.25, 0.3) is 0 Å². The smallest absolute Gasteiger partial charge is 0.131 e. The van der Waals surface area contributed by atoms with E-state index in [2.05, 4.69) is 10.3 Å². The van der Waals surface area contributed by atoms with E-state index < -0.39 is 0 Å². The van der Waals surface area contributed by atoms with Gasteiger partial charge in [0.25, 0.3) is 0 Å². The molecule has 0 bridgehead atoms. The van der Waals surface area contributed by atoms with Gasteiger partial charge in [-0.15, -0.1) is 0 Å². The Labute approximate surface area is 71.6 Å². The molecule has 60 valence electrons. The number of anilines is 1. The molecule has 1 aromatic rings. The van der Waals surface area contributed by atoms with Crippen LogP contribution in [0.3, 0.4) is 0 Å². The van der Waals surface area contributed by atoms with Gasteiger partial charge >= 0.3 is 0 Å². The van der Waals surface area contributed by atoms with Gasteiger partial charge in [0, 0.05) is 6.54 Å². The van der Waals surface area contributed by atoms with Gasteiger partial charge in [-0.1, -0.05) is 11.6 Å². The number of hydrogen-bond donors (Lipinski definition) is 1. The molecule has 0 aromatic carbocycles. The average Bonchev–Trinajstić information content (AvgIpc) is 1.85. The van der Waals surface area contributed by atoms with Gasteiger partial charge in [0.1, 0.15) is 11.0 Å². The van der Waals surface area contributed by atoms with Crippen LogP contribution in [0.5, 0.6) is 0 Å². The summed E-state index contributed by atoms with van der Waals surface area (Å²) in [7, 11) is 0. The Bertz CT molecular complexity index is 228. The molecule has 0 amide bonds. The molecule has 0 aliphatic rings. The van der Waals surface area contributed by atoms with Crippen LogP contribution in [0.2, 0.25) is 5.15 Å². The first kappa shape index (κ1) is 8.34. The Morgan fingerprint density at radius 1 is 1.55 bits per heavy atom. The van der Waals surface area contributed by atoms with Gasteiger partial charge in [0.05, 0.1) is 0 Å². The minimum atomic E-state index is 0.543. The van der Waals surface area contributed by atoms with Crippen molar-refractivity contribution in [3.05, 3.63) is 22.8 Å². The first-order valence-corrected chi connectivity index (χ1v) is 3.98. The minimum Gasteiger partial charge on any atom is -0.370 e. The van der Waals surface area contributed by atoms with Crippen LogP contribution < -0.4 is 5.32 Å². The molecule has 11 heavy (non-hydrogen) atoms. The molecule has 0 saturated heterocycles. The molecule has 0 atom stereocenters. The highest BCUT2D eigenvalue weighted by molar-refractivity contribution is 6.29. The summed E-state index contributed by atoms with van der Waals surface area (Å²) in [5.41, 5.74) is 1.13. The summed E-state index contributed by atoms with van der Waals surface area (Å²) in [4.78, 5) is 4.08. The van der Waals surface area contributed by atoms with Crippen molar-refractivity contribution in [2.75, 3.05) is 11.9 Å². The molecule has 0 radical (unpaired) electrons. The maximum atomic E-state index is 5.73. The lowest BCUT2D eigenvalue weighted by Gasteiger charge is -2.02. The van der Waals surface area contributed by atoms with Crippen molar-refractivity contribution in [1.29, 1.82) is 0 Å². The number of aromatic nitrogens is 1. The van der Waals surface area contributed by atoms with Crippen molar-refractivity contribution in [2.45, 2.75) is 13.8 Å². The van der Waals surface area contributed by atoms with Crippen molar-refractivity contribution in [1.82, 2.24) is 4.98 Å². The number of rotatable bonds is 2. The zero-order chi connectivity index (χ0) is 8.27. The fourth-order valence-electron chi connectivity index (χ4n) is 0.896. The van der Waals surface area contributed by atoms with Crippen LogP contribution in [0, 0.1) is 6.92 Å². The molecule has 0 unspecified atom stereocenters. The van der Waals surface area contributed by atoms with E-state index in [0.29, 0.717) is 5.15 Å². The molecular formula is C8H11ClN2. The first-order chi connectivity index (χ1) is 5.22. The monoisotopic (exact) mass is 170 g/mol. The highest BCUT2D eigenvalue weighted by atomic mass is 35.5. The Morgan fingerprint density at radius 2 is 2.27 bits per heavy atom. The molecular weight excluding hydrogens is 160 g/mol. The van der Waals surface area contributed by atoms with Gasteiger partial charge in [-0.05, 0) is 31.5 Å². The summed E-state index contributed by atoms with van der Waals surface area (Å²) in [6.07, 6.45) is 0. The second-order valence-corrected chi connectivity index (χ2v) is 2.77. The third kappa shape index (κ3) is 2.39. The standard InChI is InChI=1S/C8H11ClN2/c1-3-10-8-5-6(2)4-7(9)11-8/h4-5H,3H2,1-2H3,(H,10,11). The van der Waals surface area contributed by atoms with Gasteiger partial charge in [-0.2, -0.15) is 0 Å². The zero-order valence-electron chi connectivity index (χ0n) is 6.69. The van der Waals surface area contributed by atoms with E-state index in [0.717, 1.165) is 17.9 Å². The molecule has 2 nitrogen and oxygen atoms in total. The van der Waals surface area contributed by atoms with Crippen molar-refractivity contribution in [2.24, 2.45) is 0 Å². The molecule has 1 heterocycles. The topological polar surface area (TPSA) is 24.9 Å². The maximum absolute atomic E-state index is 5.73. The lowest BCUT2D eigenvalue weighted by molar-refractivity contribution is 1.15. The van der Waals surface area contributed by atoms with E-state index in [9.17, 15) is 0 Å². The molecule has 0 saturated carbocycles. The fraction of sp³-hybridized carbons (Fsp3) is 0.375. The predicted molar refractivity (Wildman–Crippen MR) is 48.1 cm³/mol. The van der Waals surface area contributed by atoms with Crippen LogP contribution in [-0.4, -0.2) is 11.5 Å². The Balaban J connectivity index is 2.89. The third-order valence-electron chi connectivity index (χ3n) is 1.30. The van der Waals surface area contributed by atoms with Crippen LogP contribution in [-0.2, 0) is 0 Å². The molecule has 3 heteroatoms. The highest BCUT2D eigenvalue weighted by Crippen LogP contribution is 2.12. The van der Waals surface area contributed by atoms with E-state index in [1.807, 2.05) is 26.0 Å². The Kier molecular flexibility index (Phi) is 2.71. The second-order valence-electron chi connectivity index (χ2n) is 2.38. The number of aryl methyl sites for hydroxylation is 1. The number of pyridine rings is 1. The number of halogens is 1. The largest absolute Gasteiger partial charge is 0.370 e. The molecule has 1 rings (SSSR count). The van der Waals surface area contributed by atoms with Crippen molar-refractivity contribution >= 4 is 17.4 Å². The lowest BCUT2D eigenvalue weighted by atomic mass is 10.3. The fourth-order valence-corrected chi connectivity index (χ4v) is 1.16. The Hall–Kier alpha value is -0.760. The molecule has 1 aromatic heterocycles. The van der Waals surface area contributed by atoms with Crippen molar-refractivity contribution in [3.8, 4) is 0 Å². The highest BCUT2D eigenvalue weighted by Gasteiger charge is 1.95. The summed E-state index contributed by atoms with van der Waals surface area (Å²) in [6, 6.07) is 3.80. The summed E-state index contributed by atoms with van der Waals surface area (Å²) in [5.74, 6) is 0.845. The van der Waals surface area contributed by atoms with E-state index in [1.165, 1.54) is 0 Å². The SMILES string of the molecule is CCNc1cc(C)cc(Cl)n1. The lowest BCUT2D eigenvalue weighted by Crippen LogP contribution is -1.99. The van der Waals surface area contributed by atoms with Gasteiger partial charge < -0.3 is 5.32 Å². The normalized spacial score (nSPS) is 9.73. The quantitative estimate of drug-likeness (QED) is 0.690. The second kappa shape index (κ2) is 3.58. The summed E-state index contributed by atoms with van der Waals surface area (Å²) in [5, 5.41) is 3.64. The van der Waals surface area contributed by atoms with Gasteiger partial charge in [0.2, 0.25) is 0 Å². The van der Waals surface area contributed by atoms with Crippen LogP contribution in [0.4, 0.5) is 5.82 Å². The maximum Gasteiger partial charge on any atom is 0.131 e. The predicted octanol–water partition coefficient (Wildman–Crippen LogP) is 2.48. The first-order valence-electron chi connectivity index (χ1n) is 3.60. The van der Waals surface area contributed by atoms with Gasteiger partial charge in [-0.3, -0.25) is 0 Å². The summed E-state index contributed by atoms with van der Waals surface area (Å²) < 4.78 is 0. The van der Waals surface area contributed by atoms with E-state index >= 15 is 0 Å². The molecule has 0 aliphatic heterocycles. The van der Waals surface area contributed by atoms with Crippen molar-refractivity contribution in [3.63, 3.8) is 0 Å². The van der Waals surface area contributed by atoms with E-state index in [-0.39, 0.29) is 0 Å². The number of nitrogens with zero attached hydrogens (tertiary/aromatic N) is 1. The zero-order valence-corrected chi connectivity index (χ0v) is 7.44. The van der Waals surface area contributed by atoms with Gasteiger partial charge in [0.15, 0.2) is 0 Å². The third-order valence-corrected chi connectivity index (χ3v) is 1.49. The summed E-state index contributed by atoms with van der Waals surface area (Å²) >= 11 is 5.73. The van der Waals surface area contributed by atoms with Gasteiger partial charge in [-0.25, -0.2) is 4.98 Å². The van der Waals surface area contributed by atoms with Crippen LogP contribution in [0.1, 0.15) is 12.5 Å². The summed E-state index contributed by atoms with van der Waals surface area (Å²) in [6.45, 7) is 4.89. The van der Waals surface area contributed by atoms with E-state index in [1.54, 1.807) is 0 Å². The number of nitrogens with one attached hydrogen (secondary N) is 1. The molecule has 1 N–H and O–H groups in total. The van der Waals surface area contributed by atoms with Crippen LogP contribution >= 0.6 is 11.6 Å².